The van der Waals surface area contributed by atoms with E-state index in [1.165, 1.54) is 0 Å². The Bertz CT molecular complexity index is 524. The summed E-state index contributed by atoms with van der Waals surface area (Å²) in [6.07, 6.45) is 2.63. The Morgan fingerprint density at radius 2 is 1.58 bits per heavy atom. The van der Waals surface area contributed by atoms with Crippen LogP contribution in [-0.2, 0) is 6.42 Å². The van der Waals surface area contributed by atoms with Gasteiger partial charge in [-0.1, -0.05) is 36.4 Å². The topological polar surface area (TPSA) is 40.5 Å². The Morgan fingerprint density at radius 3 is 2.05 bits per heavy atom. The Balaban J connectivity index is 0.000000191. The highest BCUT2D eigenvalue weighted by Gasteiger charge is 1.95. The molecule has 2 aromatic carbocycles. The lowest BCUT2D eigenvalue weighted by atomic mass is 10.1. The van der Waals surface area contributed by atoms with Crippen molar-refractivity contribution in [1.82, 2.24) is 0 Å². The second kappa shape index (κ2) is 7.27. The van der Waals surface area contributed by atoms with Gasteiger partial charge in [-0.3, -0.25) is 0 Å². The van der Waals surface area contributed by atoms with Crippen molar-refractivity contribution in [2.75, 3.05) is 0 Å². The molecule has 100 valence electrons. The molecule has 2 aromatic rings. The Hall–Kier alpha value is -2.22. The lowest BCUT2D eigenvalue weighted by Crippen LogP contribution is -1.77. The first-order valence-corrected chi connectivity index (χ1v) is 6.18. The molecule has 0 unspecified atom stereocenters. The van der Waals surface area contributed by atoms with Gasteiger partial charge in [0.25, 0.3) is 0 Å². The predicted molar refractivity (Wildman–Crippen MR) is 79.6 cm³/mol. The average molecular weight is 256 g/mol. The quantitative estimate of drug-likeness (QED) is 0.793. The SMILES string of the molecule is C=CCc1cccc(O)c1.Cc1cccc(C)c1O. The first-order valence-electron chi connectivity index (χ1n) is 6.18. The Labute approximate surface area is 114 Å². The van der Waals surface area contributed by atoms with Gasteiger partial charge < -0.3 is 10.2 Å². The first-order chi connectivity index (χ1) is 9.04. The number of para-hydroxylation sites is 1. The standard InChI is InChI=1S/C9H10O.C8H10O/c1-2-4-8-5-3-6-9(10)7-8;1-6-4-3-5-7(2)8(6)9/h2-3,5-7,10H,1,4H2;3-5,9H,1-2H3. The van der Waals surface area contributed by atoms with E-state index in [0.717, 1.165) is 23.1 Å². The van der Waals surface area contributed by atoms with Crippen LogP contribution in [0.3, 0.4) is 0 Å². The molecule has 0 heterocycles. The molecule has 2 nitrogen and oxygen atoms in total. The van der Waals surface area contributed by atoms with Crippen LogP contribution >= 0.6 is 0 Å². The molecule has 2 rings (SSSR count). The summed E-state index contributed by atoms with van der Waals surface area (Å²) in [5.41, 5.74) is 2.97. The van der Waals surface area contributed by atoms with E-state index in [0.29, 0.717) is 11.5 Å². The summed E-state index contributed by atoms with van der Waals surface area (Å²) >= 11 is 0. The van der Waals surface area contributed by atoms with E-state index < -0.39 is 0 Å². The highest BCUT2D eigenvalue weighted by atomic mass is 16.3. The maximum Gasteiger partial charge on any atom is 0.121 e. The van der Waals surface area contributed by atoms with Gasteiger partial charge in [0.2, 0.25) is 0 Å². The summed E-state index contributed by atoms with van der Waals surface area (Å²) in [6.45, 7) is 7.39. The number of hydrogen-bond donors (Lipinski definition) is 2. The van der Waals surface area contributed by atoms with Gasteiger partial charge in [-0.2, -0.15) is 0 Å². The van der Waals surface area contributed by atoms with Crippen molar-refractivity contribution in [3.63, 3.8) is 0 Å². The van der Waals surface area contributed by atoms with Gasteiger partial charge in [0, 0.05) is 0 Å². The summed E-state index contributed by atoms with van der Waals surface area (Å²) in [4.78, 5) is 0. The highest BCUT2D eigenvalue weighted by molar-refractivity contribution is 5.38. The fourth-order valence-electron chi connectivity index (χ4n) is 1.66. The van der Waals surface area contributed by atoms with Crippen molar-refractivity contribution >= 4 is 0 Å². The number of phenolic OH excluding ortho intramolecular Hbond substituents is 2. The zero-order valence-electron chi connectivity index (χ0n) is 11.4. The molecule has 0 radical (unpaired) electrons. The van der Waals surface area contributed by atoms with Crippen LogP contribution in [0.1, 0.15) is 16.7 Å². The molecule has 0 aromatic heterocycles. The van der Waals surface area contributed by atoms with Crippen molar-refractivity contribution < 1.29 is 10.2 Å². The van der Waals surface area contributed by atoms with E-state index in [1.807, 2.05) is 50.3 Å². The molecule has 0 aliphatic carbocycles. The van der Waals surface area contributed by atoms with Crippen LogP contribution in [0.2, 0.25) is 0 Å². The molecule has 0 bridgehead atoms. The number of allylic oxidation sites excluding steroid dienone is 1. The third-order valence-electron chi connectivity index (χ3n) is 2.73. The second-order valence-corrected chi connectivity index (χ2v) is 4.40. The van der Waals surface area contributed by atoms with Gasteiger partial charge in [0.15, 0.2) is 0 Å². The largest absolute Gasteiger partial charge is 0.508 e. The van der Waals surface area contributed by atoms with E-state index in [-0.39, 0.29) is 0 Å². The van der Waals surface area contributed by atoms with Crippen LogP contribution in [0.5, 0.6) is 11.5 Å². The number of rotatable bonds is 2. The lowest BCUT2D eigenvalue weighted by molar-refractivity contribution is 0.467. The number of phenols is 2. The smallest absolute Gasteiger partial charge is 0.121 e. The second-order valence-electron chi connectivity index (χ2n) is 4.40. The molecule has 0 atom stereocenters. The molecule has 19 heavy (non-hydrogen) atoms. The number of aromatic hydroxyl groups is 2. The summed E-state index contributed by atoms with van der Waals surface area (Å²) in [5.74, 6) is 0.733. The van der Waals surface area contributed by atoms with E-state index in [9.17, 15) is 5.11 Å². The normalized spacial score (nSPS) is 9.37. The third kappa shape index (κ3) is 4.88. The minimum Gasteiger partial charge on any atom is -0.508 e. The monoisotopic (exact) mass is 256 g/mol. The van der Waals surface area contributed by atoms with Crippen molar-refractivity contribution in [2.45, 2.75) is 20.3 Å². The molecule has 2 heteroatoms. The highest BCUT2D eigenvalue weighted by Crippen LogP contribution is 2.19. The zero-order valence-corrected chi connectivity index (χ0v) is 11.4. The van der Waals surface area contributed by atoms with E-state index in [4.69, 9.17) is 5.11 Å². The lowest BCUT2D eigenvalue weighted by Gasteiger charge is -1.99. The average Bonchev–Trinajstić information content (AvgIpc) is 2.37. The zero-order chi connectivity index (χ0) is 14.3. The van der Waals surface area contributed by atoms with Gasteiger partial charge in [0.05, 0.1) is 0 Å². The molecule has 0 fully saturated rings. The van der Waals surface area contributed by atoms with Crippen LogP contribution in [0.25, 0.3) is 0 Å². The molecule has 0 spiro atoms. The number of aryl methyl sites for hydroxylation is 2. The molecule has 0 aliphatic rings. The molecule has 0 saturated carbocycles. The van der Waals surface area contributed by atoms with Crippen LogP contribution in [0.15, 0.2) is 55.1 Å². The Kier molecular flexibility index (Phi) is 5.68. The minimum atomic E-state index is 0.319. The molecule has 0 saturated heterocycles. The summed E-state index contributed by atoms with van der Waals surface area (Å²) in [6, 6.07) is 12.9. The van der Waals surface area contributed by atoms with Gasteiger partial charge in [0.1, 0.15) is 11.5 Å². The van der Waals surface area contributed by atoms with E-state index in [1.54, 1.807) is 12.1 Å². The fraction of sp³-hybridized carbons (Fsp3) is 0.176. The summed E-state index contributed by atoms with van der Waals surface area (Å²) < 4.78 is 0. The number of hydrogen-bond acceptors (Lipinski definition) is 2. The van der Waals surface area contributed by atoms with Crippen molar-refractivity contribution in [3.05, 3.63) is 71.8 Å². The summed E-state index contributed by atoms with van der Waals surface area (Å²) in [7, 11) is 0. The van der Waals surface area contributed by atoms with Gasteiger partial charge >= 0.3 is 0 Å². The maximum atomic E-state index is 9.21. The minimum absolute atomic E-state index is 0.319. The Morgan fingerprint density at radius 1 is 1.00 bits per heavy atom. The van der Waals surface area contributed by atoms with Crippen LogP contribution in [0, 0.1) is 13.8 Å². The van der Waals surface area contributed by atoms with Crippen LogP contribution in [-0.4, -0.2) is 10.2 Å². The van der Waals surface area contributed by atoms with Gasteiger partial charge in [-0.05, 0) is 49.1 Å². The van der Waals surface area contributed by atoms with Crippen molar-refractivity contribution in [1.29, 1.82) is 0 Å². The first kappa shape index (κ1) is 14.8. The van der Waals surface area contributed by atoms with Crippen molar-refractivity contribution in [3.8, 4) is 11.5 Å². The maximum absolute atomic E-state index is 9.21. The molecule has 0 amide bonds. The van der Waals surface area contributed by atoms with E-state index >= 15 is 0 Å². The molecular weight excluding hydrogens is 236 g/mol. The fourth-order valence-corrected chi connectivity index (χ4v) is 1.66. The molecule has 2 N–H and O–H groups in total. The van der Waals surface area contributed by atoms with Gasteiger partial charge in [-0.15, -0.1) is 6.58 Å². The molecule has 0 aliphatic heterocycles. The summed E-state index contributed by atoms with van der Waals surface area (Å²) in [5, 5.41) is 18.2. The predicted octanol–water partition coefficient (Wildman–Crippen LogP) is 4.13. The van der Waals surface area contributed by atoms with Crippen LogP contribution < -0.4 is 0 Å². The van der Waals surface area contributed by atoms with Crippen molar-refractivity contribution in [2.24, 2.45) is 0 Å². The molecular formula is C17H20O2. The van der Waals surface area contributed by atoms with Crippen LogP contribution in [0.4, 0.5) is 0 Å². The van der Waals surface area contributed by atoms with E-state index in [2.05, 4.69) is 6.58 Å². The van der Waals surface area contributed by atoms with Gasteiger partial charge in [-0.25, -0.2) is 0 Å². The third-order valence-corrected chi connectivity index (χ3v) is 2.73. The number of benzene rings is 2.